The number of hydrogen-bond acceptors (Lipinski definition) is 8. The number of fused-ring (bicyclic) bond motifs is 1. The van der Waals surface area contributed by atoms with Crippen LogP contribution in [0.5, 0.6) is 11.8 Å². The Bertz CT molecular complexity index is 1020. The van der Waals surface area contributed by atoms with E-state index in [-0.39, 0.29) is 17.6 Å². The molecule has 0 bridgehead atoms. The minimum absolute atomic E-state index is 0.226. The summed E-state index contributed by atoms with van der Waals surface area (Å²) in [5, 5.41) is 17.4. The van der Waals surface area contributed by atoms with Gasteiger partial charge in [0.25, 0.3) is 0 Å². The lowest BCUT2D eigenvalue weighted by molar-refractivity contribution is -0.389. The molecular weight excluding hydrogens is 445 g/mol. The number of benzene rings is 1. The smallest absolute Gasteiger partial charge is 0.436 e. The van der Waals surface area contributed by atoms with Crippen molar-refractivity contribution in [3.05, 3.63) is 46.1 Å². The highest BCUT2D eigenvalue weighted by molar-refractivity contribution is 5.98. The fraction of sp³-hybridized carbons (Fsp3) is 0.500. The zero-order chi connectivity index (χ0) is 23.8. The van der Waals surface area contributed by atoms with Crippen molar-refractivity contribution in [1.29, 1.82) is 0 Å². The third-order valence-corrected chi connectivity index (χ3v) is 5.46. The third-order valence-electron chi connectivity index (χ3n) is 5.46. The van der Waals surface area contributed by atoms with Gasteiger partial charge in [0.1, 0.15) is 17.5 Å². The topological polar surface area (TPSA) is 98.3 Å². The van der Waals surface area contributed by atoms with E-state index in [4.69, 9.17) is 4.74 Å². The van der Waals surface area contributed by atoms with E-state index in [2.05, 4.69) is 19.7 Å². The highest BCUT2D eigenvalue weighted by Crippen LogP contribution is 2.31. The van der Waals surface area contributed by atoms with E-state index in [1.165, 1.54) is 18.3 Å². The average Bonchev–Trinajstić information content (AvgIpc) is 3.24. The molecule has 13 heteroatoms. The van der Waals surface area contributed by atoms with Crippen LogP contribution in [-0.2, 0) is 6.54 Å². The predicted molar refractivity (Wildman–Crippen MR) is 111 cm³/mol. The number of halogens is 3. The Morgan fingerprint density at radius 1 is 1.27 bits per heavy atom. The molecule has 2 aliphatic heterocycles. The lowest BCUT2D eigenvalue weighted by Gasteiger charge is -2.37. The maximum Gasteiger partial charge on any atom is 0.573 e. The van der Waals surface area contributed by atoms with Crippen LogP contribution in [0.3, 0.4) is 0 Å². The van der Waals surface area contributed by atoms with Crippen molar-refractivity contribution in [3.63, 3.8) is 0 Å². The number of alkyl halides is 3. The van der Waals surface area contributed by atoms with Gasteiger partial charge in [-0.15, -0.1) is 13.2 Å². The third kappa shape index (κ3) is 5.53. The number of piperazine rings is 1. The van der Waals surface area contributed by atoms with Crippen LogP contribution in [0.25, 0.3) is 0 Å². The molecule has 1 fully saturated rings. The van der Waals surface area contributed by atoms with Crippen molar-refractivity contribution in [2.45, 2.75) is 32.4 Å². The van der Waals surface area contributed by atoms with E-state index in [0.29, 0.717) is 37.5 Å². The van der Waals surface area contributed by atoms with Crippen LogP contribution >= 0.6 is 0 Å². The van der Waals surface area contributed by atoms with Gasteiger partial charge in [-0.2, -0.15) is 5.10 Å². The molecule has 178 valence electrons. The molecule has 1 atom stereocenters. The van der Waals surface area contributed by atoms with E-state index in [0.717, 1.165) is 13.1 Å². The zero-order valence-electron chi connectivity index (χ0n) is 18.1. The summed E-state index contributed by atoms with van der Waals surface area (Å²) < 4.78 is 48.3. The number of aromatic nitrogens is 2. The summed E-state index contributed by atoms with van der Waals surface area (Å²) >= 11 is 0. The number of rotatable bonds is 6. The molecule has 2 aromatic rings. The molecule has 2 aliphatic rings. The Balaban J connectivity index is 1.28. The van der Waals surface area contributed by atoms with E-state index < -0.39 is 16.9 Å². The first-order chi connectivity index (χ1) is 15.5. The first-order valence-corrected chi connectivity index (χ1v) is 10.3. The highest BCUT2D eigenvalue weighted by Gasteiger charge is 2.41. The Hall–Kier alpha value is -3.35. The van der Waals surface area contributed by atoms with Crippen LogP contribution < -0.4 is 9.47 Å². The summed E-state index contributed by atoms with van der Waals surface area (Å²) in [6.45, 7) is 7.73. The second kappa shape index (κ2) is 8.54. The Kier molecular flexibility index (Phi) is 5.91. The van der Waals surface area contributed by atoms with Crippen molar-refractivity contribution in [2.75, 3.05) is 32.7 Å². The van der Waals surface area contributed by atoms with Gasteiger partial charge in [-0.25, -0.2) is 0 Å². The second-order valence-electron chi connectivity index (χ2n) is 8.31. The Morgan fingerprint density at radius 3 is 2.52 bits per heavy atom. The molecule has 1 aromatic heterocycles. The predicted octanol–water partition coefficient (Wildman–Crippen LogP) is 2.88. The van der Waals surface area contributed by atoms with Gasteiger partial charge in [-0.1, -0.05) is 0 Å². The highest BCUT2D eigenvalue weighted by atomic mass is 19.4. The molecular formula is C20H23F3N6O4. The fourth-order valence-electron chi connectivity index (χ4n) is 4.00. The minimum Gasteiger partial charge on any atom is -0.436 e. The summed E-state index contributed by atoms with van der Waals surface area (Å²) in [5.74, 6) is -0.497. The van der Waals surface area contributed by atoms with Crippen LogP contribution in [0.4, 0.5) is 19.0 Å². The number of hydrogen-bond donors (Lipinski definition) is 0. The van der Waals surface area contributed by atoms with Crippen LogP contribution in [-0.4, -0.2) is 74.8 Å². The summed E-state index contributed by atoms with van der Waals surface area (Å²) in [6, 6.07) is 5.88. The Morgan fingerprint density at radius 2 is 1.94 bits per heavy atom. The molecule has 0 amide bonds. The average molecular weight is 468 g/mol. The van der Waals surface area contributed by atoms with Gasteiger partial charge >= 0.3 is 18.2 Å². The molecule has 0 N–H and O–H groups in total. The standard InChI is InChI=1S/C20H23F3N6O4/c1-14(15-3-5-16(6-4-15)32-20(21,22)23)25-28-9-7-26(8-10-28)12-19(2)13-27-11-17(29(30)31)24-18(27)33-19/h3-6,11H,7-10,12-13H2,1-2H3. The maximum atomic E-state index is 12.3. The molecule has 10 nitrogen and oxygen atoms in total. The van der Waals surface area contributed by atoms with Crippen molar-refractivity contribution < 1.29 is 27.6 Å². The van der Waals surface area contributed by atoms with Crippen LogP contribution in [0.2, 0.25) is 0 Å². The van der Waals surface area contributed by atoms with Gasteiger partial charge in [0.2, 0.25) is 0 Å². The lowest BCUT2D eigenvalue weighted by atomic mass is 10.1. The molecule has 0 radical (unpaired) electrons. The van der Waals surface area contributed by atoms with Gasteiger partial charge < -0.3 is 19.6 Å². The normalized spacial score (nSPS) is 21.6. The van der Waals surface area contributed by atoms with Crippen molar-refractivity contribution in [1.82, 2.24) is 19.5 Å². The maximum absolute atomic E-state index is 12.3. The molecule has 1 aromatic carbocycles. The lowest BCUT2D eigenvalue weighted by Crippen LogP contribution is -2.51. The van der Waals surface area contributed by atoms with Crippen LogP contribution in [0.15, 0.2) is 35.6 Å². The van der Waals surface area contributed by atoms with Gasteiger partial charge in [-0.05, 0) is 48.6 Å². The molecule has 3 heterocycles. The van der Waals surface area contributed by atoms with Crippen LogP contribution in [0, 0.1) is 10.1 Å². The van der Waals surface area contributed by atoms with Crippen LogP contribution in [0.1, 0.15) is 19.4 Å². The Labute approximate surface area is 187 Å². The minimum atomic E-state index is -4.72. The summed E-state index contributed by atoms with van der Waals surface area (Å²) in [7, 11) is 0. The molecule has 4 rings (SSSR count). The molecule has 1 saturated heterocycles. The number of nitrogens with zero attached hydrogens (tertiary/aromatic N) is 6. The summed E-state index contributed by atoms with van der Waals surface area (Å²) in [4.78, 5) is 16.5. The van der Waals surface area contributed by atoms with Crippen molar-refractivity contribution in [3.8, 4) is 11.8 Å². The van der Waals surface area contributed by atoms with E-state index >= 15 is 0 Å². The number of nitro groups is 1. The molecule has 0 aliphatic carbocycles. The largest absolute Gasteiger partial charge is 0.573 e. The summed E-state index contributed by atoms with van der Waals surface area (Å²) in [5.41, 5.74) is 0.876. The van der Waals surface area contributed by atoms with Gasteiger partial charge in [0, 0.05) is 37.7 Å². The molecule has 0 saturated carbocycles. The van der Waals surface area contributed by atoms with E-state index in [1.54, 1.807) is 23.6 Å². The van der Waals surface area contributed by atoms with E-state index in [1.807, 2.05) is 11.9 Å². The molecule has 1 unspecified atom stereocenters. The quantitative estimate of drug-likeness (QED) is 0.365. The monoisotopic (exact) mass is 468 g/mol. The second-order valence-corrected chi connectivity index (χ2v) is 8.31. The zero-order valence-corrected chi connectivity index (χ0v) is 18.1. The molecule has 0 spiro atoms. The number of hydrazone groups is 1. The first-order valence-electron chi connectivity index (χ1n) is 10.3. The first kappa shape index (κ1) is 22.8. The van der Waals surface area contributed by atoms with Crippen molar-refractivity contribution >= 4 is 11.5 Å². The molecule has 33 heavy (non-hydrogen) atoms. The fourth-order valence-corrected chi connectivity index (χ4v) is 4.00. The van der Waals surface area contributed by atoms with Crippen molar-refractivity contribution in [2.24, 2.45) is 5.10 Å². The number of imidazole rings is 1. The van der Waals surface area contributed by atoms with Gasteiger partial charge in [-0.3, -0.25) is 14.5 Å². The van der Waals surface area contributed by atoms with E-state index in [9.17, 15) is 23.3 Å². The SMILES string of the molecule is CC(=NN1CCN(CC2(C)Cn3cc([N+](=O)[O-])nc3O2)CC1)c1ccc(OC(F)(F)F)cc1. The van der Waals surface area contributed by atoms with Gasteiger partial charge in [0.05, 0.1) is 12.3 Å². The van der Waals surface area contributed by atoms with Gasteiger partial charge in [0.15, 0.2) is 0 Å². The number of ether oxygens (including phenoxy) is 2. The summed E-state index contributed by atoms with van der Waals surface area (Å²) in [6.07, 6.45) is -3.33.